The average molecular weight is 297 g/mol. The zero-order chi connectivity index (χ0) is 14.9. The van der Waals surface area contributed by atoms with Crippen LogP contribution in [-0.2, 0) is 10.0 Å². The van der Waals surface area contributed by atoms with Gasteiger partial charge in [0.15, 0.2) is 0 Å². The van der Waals surface area contributed by atoms with E-state index in [1.54, 1.807) is 14.0 Å². The van der Waals surface area contributed by atoms with Gasteiger partial charge in [-0.05, 0) is 37.5 Å². The van der Waals surface area contributed by atoms with Gasteiger partial charge in [-0.2, -0.15) is 4.31 Å². The molecule has 20 heavy (non-hydrogen) atoms. The quantitative estimate of drug-likeness (QED) is 0.925. The van der Waals surface area contributed by atoms with E-state index >= 15 is 0 Å². The molecule has 1 saturated carbocycles. The number of sulfonamides is 1. The second kappa shape index (κ2) is 5.54. The Bertz CT molecular complexity index is 618. The zero-order valence-corrected chi connectivity index (χ0v) is 12.5. The van der Waals surface area contributed by atoms with Crippen LogP contribution in [0.5, 0.6) is 0 Å². The number of hydrogen-bond acceptors (Lipinski definition) is 3. The molecule has 0 saturated heterocycles. The van der Waals surface area contributed by atoms with E-state index in [9.17, 15) is 13.2 Å². The lowest BCUT2D eigenvalue weighted by Crippen LogP contribution is -2.35. The van der Waals surface area contributed by atoms with E-state index in [1.165, 1.54) is 22.5 Å². The molecule has 0 unspecified atom stereocenters. The Morgan fingerprint density at radius 3 is 2.45 bits per heavy atom. The van der Waals surface area contributed by atoms with Gasteiger partial charge in [0.2, 0.25) is 10.0 Å². The molecule has 0 atom stereocenters. The van der Waals surface area contributed by atoms with Gasteiger partial charge in [0, 0.05) is 13.1 Å². The normalized spacial score (nSPS) is 16.8. The predicted molar refractivity (Wildman–Crippen MR) is 75.3 cm³/mol. The molecule has 1 aromatic rings. The Labute approximate surface area is 119 Å². The van der Waals surface area contributed by atoms with Crippen LogP contribution in [0.3, 0.4) is 0 Å². The fourth-order valence-electron chi connectivity index (χ4n) is 2.74. The molecule has 1 aliphatic carbocycles. The summed E-state index contributed by atoms with van der Waals surface area (Å²) in [7, 11) is -2.06. The largest absolute Gasteiger partial charge is 0.478 e. The molecule has 6 heteroatoms. The second-order valence-electron chi connectivity index (χ2n) is 5.19. The van der Waals surface area contributed by atoms with Crippen LogP contribution in [0, 0.1) is 6.92 Å². The van der Waals surface area contributed by atoms with Crippen LogP contribution in [0.15, 0.2) is 23.1 Å². The lowest BCUT2D eigenvalue weighted by Gasteiger charge is -2.24. The Morgan fingerprint density at radius 1 is 1.30 bits per heavy atom. The van der Waals surface area contributed by atoms with Gasteiger partial charge < -0.3 is 5.11 Å². The van der Waals surface area contributed by atoms with Crippen molar-refractivity contribution < 1.29 is 18.3 Å². The Kier molecular flexibility index (Phi) is 4.15. The Morgan fingerprint density at radius 2 is 1.90 bits per heavy atom. The molecule has 0 radical (unpaired) electrons. The monoisotopic (exact) mass is 297 g/mol. The highest BCUT2D eigenvalue weighted by molar-refractivity contribution is 7.89. The van der Waals surface area contributed by atoms with Crippen LogP contribution in [0.1, 0.15) is 41.6 Å². The van der Waals surface area contributed by atoms with E-state index < -0.39 is 16.0 Å². The van der Waals surface area contributed by atoms with Gasteiger partial charge in [0.05, 0.1) is 10.5 Å². The van der Waals surface area contributed by atoms with Crippen LogP contribution in [0.2, 0.25) is 0 Å². The molecular weight excluding hydrogens is 278 g/mol. The molecule has 110 valence electrons. The van der Waals surface area contributed by atoms with Crippen LogP contribution in [0.25, 0.3) is 0 Å². The highest BCUT2D eigenvalue weighted by Gasteiger charge is 2.31. The van der Waals surface area contributed by atoms with Crippen LogP contribution in [-0.4, -0.2) is 36.9 Å². The van der Waals surface area contributed by atoms with Crippen molar-refractivity contribution >= 4 is 16.0 Å². The maximum atomic E-state index is 12.6. The van der Waals surface area contributed by atoms with Crippen molar-refractivity contribution in [1.82, 2.24) is 4.31 Å². The smallest absolute Gasteiger partial charge is 0.335 e. The molecule has 0 bridgehead atoms. The lowest BCUT2D eigenvalue weighted by atomic mass is 10.1. The molecule has 0 aliphatic heterocycles. The van der Waals surface area contributed by atoms with Crippen LogP contribution < -0.4 is 0 Å². The number of benzene rings is 1. The maximum absolute atomic E-state index is 12.6. The van der Waals surface area contributed by atoms with E-state index in [-0.39, 0.29) is 16.5 Å². The Balaban J connectivity index is 2.44. The SMILES string of the molecule is Cc1c(C(=O)O)cccc1S(=O)(=O)N(C)C1CCCC1. The summed E-state index contributed by atoms with van der Waals surface area (Å²) in [6.45, 7) is 1.54. The minimum atomic E-state index is -3.64. The van der Waals surface area contributed by atoms with E-state index in [1.807, 2.05) is 0 Å². The number of carboxylic acids is 1. The van der Waals surface area contributed by atoms with E-state index in [0.29, 0.717) is 5.56 Å². The van der Waals surface area contributed by atoms with E-state index in [2.05, 4.69) is 0 Å². The number of aromatic carboxylic acids is 1. The van der Waals surface area contributed by atoms with Gasteiger partial charge in [-0.1, -0.05) is 18.9 Å². The molecule has 1 aliphatic rings. The highest BCUT2D eigenvalue weighted by atomic mass is 32.2. The molecule has 1 fully saturated rings. The number of carbonyl (C=O) groups is 1. The molecule has 5 nitrogen and oxygen atoms in total. The Hall–Kier alpha value is -1.40. The van der Waals surface area contributed by atoms with Gasteiger partial charge in [0.25, 0.3) is 0 Å². The summed E-state index contributed by atoms with van der Waals surface area (Å²) in [4.78, 5) is 11.2. The van der Waals surface area contributed by atoms with Crippen molar-refractivity contribution in [1.29, 1.82) is 0 Å². The van der Waals surface area contributed by atoms with Gasteiger partial charge in [0.1, 0.15) is 0 Å². The van der Waals surface area contributed by atoms with Crippen LogP contribution >= 0.6 is 0 Å². The standard InChI is InChI=1S/C14H19NO4S/c1-10-12(14(16)17)8-5-9-13(10)20(18,19)15(2)11-6-3-4-7-11/h5,8-9,11H,3-4,6-7H2,1-2H3,(H,16,17). The third kappa shape index (κ3) is 2.58. The summed E-state index contributed by atoms with van der Waals surface area (Å²) in [5.74, 6) is -1.11. The van der Waals surface area contributed by atoms with Crippen molar-refractivity contribution in [3.63, 3.8) is 0 Å². The fraction of sp³-hybridized carbons (Fsp3) is 0.500. The molecule has 2 rings (SSSR count). The van der Waals surface area contributed by atoms with Crippen molar-refractivity contribution in [2.45, 2.75) is 43.5 Å². The predicted octanol–water partition coefficient (Wildman–Crippen LogP) is 2.26. The summed E-state index contributed by atoms with van der Waals surface area (Å²) in [5.41, 5.74) is 0.329. The van der Waals surface area contributed by atoms with Crippen LogP contribution in [0.4, 0.5) is 0 Å². The van der Waals surface area contributed by atoms with Crippen molar-refractivity contribution in [3.05, 3.63) is 29.3 Å². The first-order chi connectivity index (χ1) is 9.35. The number of hydrogen-bond donors (Lipinski definition) is 1. The summed E-state index contributed by atoms with van der Waals surface area (Å²) >= 11 is 0. The first-order valence-corrected chi connectivity index (χ1v) is 8.10. The lowest BCUT2D eigenvalue weighted by molar-refractivity contribution is 0.0696. The summed E-state index contributed by atoms with van der Waals surface area (Å²) in [6, 6.07) is 4.40. The maximum Gasteiger partial charge on any atom is 0.335 e. The van der Waals surface area contributed by atoms with Gasteiger partial charge in [-0.15, -0.1) is 0 Å². The summed E-state index contributed by atoms with van der Waals surface area (Å²) in [5, 5.41) is 9.10. The minimum Gasteiger partial charge on any atom is -0.478 e. The van der Waals surface area contributed by atoms with E-state index in [4.69, 9.17) is 5.11 Å². The van der Waals surface area contributed by atoms with Crippen molar-refractivity contribution in [2.75, 3.05) is 7.05 Å². The molecule has 0 spiro atoms. The van der Waals surface area contributed by atoms with Crippen molar-refractivity contribution in [2.24, 2.45) is 0 Å². The molecule has 0 aromatic heterocycles. The third-order valence-electron chi connectivity index (χ3n) is 4.01. The number of carboxylic acid groups (broad SMARTS) is 1. The molecule has 1 aromatic carbocycles. The molecule has 0 heterocycles. The topological polar surface area (TPSA) is 74.7 Å². The first-order valence-electron chi connectivity index (χ1n) is 6.66. The summed E-state index contributed by atoms with van der Waals surface area (Å²) in [6.07, 6.45) is 3.82. The fourth-order valence-corrected chi connectivity index (χ4v) is 4.41. The van der Waals surface area contributed by atoms with Gasteiger partial charge in [-0.25, -0.2) is 13.2 Å². The van der Waals surface area contributed by atoms with Gasteiger partial charge in [-0.3, -0.25) is 0 Å². The number of nitrogens with zero attached hydrogens (tertiary/aromatic N) is 1. The zero-order valence-electron chi connectivity index (χ0n) is 11.7. The van der Waals surface area contributed by atoms with Gasteiger partial charge >= 0.3 is 5.97 Å². The molecule has 0 amide bonds. The summed E-state index contributed by atoms with van der Waals surface area (Å²) < 4.78 is 26.7. The first kappa shape index (κ1) is 15.0. The number of rotatable bonds is 4. The minimum absolute atomic E-state index is 0.0212. The van der Waals surface area contributed by atoms with E-state index in [0.717, 1.165) is 25.7 Å². The molecular formula is C14H19NO4S. The average Bonchev–Trinajstić information content (AvgIpc) is 2.91. The second-order valence-corrected chi connectivity index (χ2v) is 7.16. The van der Waals surface area contributed by atoms with Crippen molar-refractivity contribution in [3.8, 4) is 0 Å². The highest BCUT2D eigenvalue weighted by Crippen LogP contribution is 2.29. The molecule has 1 N–H and O–H groups in total. The third-order valence-corrected chi connectivity index (χ3v) is 6.06.